The third kappa shape index (κ3) is 25.6. The minimum atomic E-state index is -0.145. The molecule has 0 saturated heterocycles. The predicted molar refractivity (Wildman–Crippen MR) is 255 cm³/mol. The first-order valence-corrected chi connectivity index (χ1v) is 23.4. The van der Waals surface area contributed by atoms with E-state index >= 15 is 0 Å². The van der Waals surface area contributed by atoms with Crippen LogP contribution in [0.15, 0.2) is 83.9 Å². The number of benzene rings is 3. The second kappa shape index (κ2) is 34.6. The van der Waals surface area contributed by atoms with Gasteiger partial charge in [0.2, 0.25) is 0 Å². The summed E-state index contributed by atoms with van der Waals surface area (Å²) in [5, 5.41) is 0. The summed E-state index contributed by atoms with van der Waals surface area (Å²) in [6.45, 7) is 25.7. The Kier molecular flexibility index (Phi) is 30.2. The summed E-state index contributed by atoms with van der Waals surface area (Å²) in [4.78, 5) is 38.2. The number of aliphatic imine (C=N–C) groups is 1. The van der Waals surface area contributed by atoms with Crippen LogP contribution in [-0.2, 0) is 45.2 Å². The Morgan fingerprint density at radius 2 is 0.885 bits per heavy atom. The molecule has 0 aliphatic rings. The molecule has 0 unspecified atom stereocenters. The van der Waals surface area contributed by atoms with Crippen LogP contribution in [0, 0.1) is 0 Å². The van der Waals surface area contributed by atoms with Crippen LogP contribution in [0.25, 0.3) is 0 Å². The van der Waals surface area contributed by atoms with Crippen LogP contribution in [-0.4, -0.2) is 116 Å². The van der Waals surface area contributed by atoms with E-state index < -0.39 is 0 Å². The van der Waals surface area contributed by atoms with Gasteiger partial charge in [-0.1, -0.05) is 107 Å². The molecule has 0 radical (unpaired) electrons. The number of hydrogen-bond donors (Lipinski definition) is 1. The van der Waals surface area contributed by atoms with Gasteiger partial charge in [0, 0.05) is 25.8 Å². The fourth-order valence-electron chi connectivity index (χ4n) is 7.33. The Morgan fingerprint density at radius 1 is 0.508 bits per heavy atom. The molecule has 0 spiro atoms. The number of hydrogen-bond acceptors (Lipinski definition) is 10. The number of esters is 2. The molecule has 10 nitrogen and oxygen atoms in total. The molecule has 0 bridgehead atoms. The number of carbonyl (C=O) groups is 2. The van der Waals surface area contributed by atoms with Gasteiger partial charge in [-0.05, 0) is 145 Å². The minimum absolute atomic E-state index is 0.144. The van der Waals surface area contributed by atoms with E-state index in [1.165, 1.54) is 68.6 Å². The van der Waals surface area contributed by atoms with Gasteiger partial charge < -0.3 is 25.0 Å². The summed E-state index contributed by atoms with van der Waals surface area (Å²) in [6, 6.07) is 27.0. The van der Waals surface area contributed by atoms with Crippen molar-refractivity contribution in [2.24, 2.45) is 10.7 Å². The van der Waals surface area contributed by atoms with E-state index in [4.69, 9.17) is 15.2 Å². The first kappa shape index (κ1) is 53.2. The van der Waals surface area contributed by atoms with Crippen LogP contribution >= 0.6 is 0 Å². The van der Waals surface area contributed by atoms with Crippen molar-refractivity contribution < 1.29 is 19.1 Å². The van der Waals surface area contributed by atoms with E-state index in [1.54, 1.807) is 0 Å². The Labute approximate surface area is 370 Å². The minimum Gasteiger partial charge on any atom is -0.465 e. The van der Waals surface area contributed by atoms with Crippen molar-refractivity contribution in [3.8, 4) is 0 Å². The molecule has 3 rings (SSSR count). The highest BCUT2D eigenvalue weighted by molar-refractivity contribution is 5.79. The molecule has 0 aliphatic heterocycles. The van der Waals surface area contributed by atoms with Gasteiger partial charge in [0.25, 0.3) is 0 Å². The molecule has 0 fully saturated rings. The van der Waals surface area contributed by atoms with Crippen LogP contribution in [0.1, 0.15) is 121 Å². The molecule has 340 valence electrons. The van der Waals surface area contributed by atoms with Crippen molar-refractivity contribution in [3.63, 3.8) is 0 Å². The van der Waals surface area contributed by atoms with Gasteiger partial charge >= 0.3 is 11.9 Å². The first-order chi connectivity index (χ1) is 29.8. The lowest BCUT2D eigenvalue weighted by Gasteiger charge is -2.24. The Morgan fingerprint density at radius 3 is 1.26 bits per heavy atom. The third-order valence-corrected chi connectivity index (χ3v) is 10.3. The summed E-state index contributed by atoms with van der Waals surface area (Å²) in [6.07, 6.45) is 11.2. The summed E-state index contributed by atoms with van der Waals surface area (Å²) in [7, 11) is 0. The topological polar surface area (TPSA) is 104 Å². The van der Waals surface area contributed by atoms with Gasteiger partial charge in [-0.25, -0.2) is 0 Å². The molecule has 0 aromatic heterocycles. The standard InChI is InChI=1S/C29H43N3O2.C22H39N3O2/c1-4-18-31(19-5-2)20-10-11-21-32(25-29(33)34-6-3)24-28-16-14-27(15-17-28)23-30-22-26-12-8-7-9-13-26;1-4-13-24(14-5-2)15-7-8-16-25(19-22(26)27-6-3)18-21-11-9-20(17-23)10-12-21/h7-9,12-17,22H,4-6,10-11,18-21,23-25H2,1-3H3;9-12H,4-8,13-19,23H2,1-3H3. The zero-order valence-corrected chi connectivity index (χ0v) is 39.0. The van der Waals surface area contributed by atoms with Crippen molar-refractivity contribution >= 4 is 18.2 Å². The Hall–Kier alpha value is -3.93. The highest BCUT2D eigenvalue weighted by atomic mass is 16.5. The van der Waals surface area contributed by atoms with E-state index in [1.807, 2.05) is 38.3 Å². The van der Waals surface area contributed by atoms with Crippen molar-refractivity contribution in [1.82, 2.24) is 19.6 Å². The van der Waals surface area contributed by atoms with Gasteiger partial charge in [-0.3, -0.25) is 24.4 Å². The summed E-state index contributed by atoms with van der Waals surface area (Å²) in [5.74, 6) is -0.289. The first-order valence-electron chi connectivity index (χ1n) is 23.4. The molecule has 10 heteroatoms. The van der Waals surface area contributed by atoms with E-state index in [9.17, 15) is 9.59 Å². The molecule has 61 heavy (non-hydrogen) atoms. The van der Waals surface area contributed by atoms with E-state index in [0.29, 0.717) is 39.4 Å². The highest BCUT2D eigenvalue weighted by Gasteiger charge is 2.14. The maximum atomic E-state index is 12.2. The monoisotopic (exact) mass is 843 g/mol. The van der Waals surface area contributed by atoms with E-state index in [2.05, 4.69) is 113 Å². The normalized spacial score (nSPS) is 11.5. The number of rotatable bonds is 32. The Balaban J connectivity index is 0.000000432. The maximum Gasteiger partial charge on any atom is 0.320 e. The number of ether oxygens (including phenoxy) is 2. The number of carbonyl (C=O) groups excluding carboxylic acids is 2. The SMILES string of the molecule is CCCN(CCC)CCCCN(CC(=O)OCC)Cc1ccc(CN)cc1.CCCN(CCC)CCCCN(CC(=O)OCC)Cc1ccc(CN=Cc2ccccc2)cc1. The van der Waals surface area contributed by atoms with Gasteiger partial charge in [0.1, 0.15) is 0 Å². The van der Waals surface area contributed by atoms with Crippen LogP contribution in [0.5, 0.6) is 0 Å². The zero-order chi connectivity index (χ0) is 44.3. The fraction of sp³-hybridized carbons (Fsp3) is 0.588. The van der Waals surface area contributed by atoms with Crippen molar-refractivity contribution in [3.05, 3.63) is 107 Å². The average Bonchev–Trinajstić information content (AvgIpc) is 3.25. The molecule has 0 amide bonds. The summed E-state index contributed by atoms with van der Waals surface area (Å²) < 4.78 is 10.4. The van der Waals surface area contributed by atoms with E-state index in [-0.39, 0.29) is 11.9 Å². The fourth-order valence-corrected chi connectivity index (χ4v) is 7.33. The highest BCUT2D eigenvalue weighted by Crippen LogP contribution is 2.12. The second-order valence-electron chi connectivity index (χ2n) is 15.8. The molecule has 0 aliphatic carbocycles. The second-order valence-corrected chi connectivity index (χ2v) is 15.8. The molecule has 0 saturated carbocycles. The number of nitrogens with zero attached hydrogens (tertiary/aromatic N) is 5. The number of unbranched alkanes of at least 4 members (excludes halogenated alkanes) is 2. The number of nitrogens with two attached hydrogens (primary N) is 1. The van der Waals surface area contributed by atoms with Crippen molar-refractivity contribution in [2.75, 3.05) is 78.7 Å². The van der Waals surface area contributed by atoms with Gasteiger partial charge in [-0.2, -0.15) is 0 Å². The molecule has 0 atom stereocenters. The summed E-state index contributed by atoms with van der Waals surface area (Å²) >= 11 is 0. The van der Waals surface area contributed by atoms with Gasteiger partial charge in [0.05, 0.1) is 32.8 Å². The largest absolute Gasteiger partial charge is 0.465 e. The molecule has 3 aromatic rings. The van der Waals surface area contributed by atoms with Crippen LogP contribution in [0.4, 0.5) is 0 Å². The van der Waals surface area contributed by atoms with Gasteiger partial charge in [-0.15, -0.1) is 0 Å². The third-order valence-electron chi connectivity index (χ3n) is 10.3. The van der Waals surface area contributed by atoms with Crippen molar-refractivity contribution in [2.45, 2.75) is 119 Å². The molecule has 0 heterocycles. The predicted octanol–water partition coefficient (Wildman–Crippen LogP) is 8.99. The lowest BCUT2D eigenvalue weighted by atomic mass is 10.1. The molecule has 2 N–H and O–H groups in total. The van der Waals surface area contributed by atoms with Crippen LogP contribution in [0.3, 0.4) is 0 Å². The van der Waals surface area contributed by atoms with Crippen LogP contribution in [0.2, 0.25) is 0 Å². The average molecular weight is 843 g/mol. The zero-order valence-electron chi connectivity index (χ0n) is 39.0. The molecular formula is C51H82N6O4. The van der Waals surface area contributed by atoms with E-state index in [0.717, 1.165) is 76.1 Å². The quantitative estimate of drug-likeness (QED) is 0.0375. The molecule has 3 aromatic carbocycles. The summed E-state index contributed by atoms with van der Waals surface area (Å²) in [5.41, 5.74) is 11.5. The van der Waals surface area contributed by atoms with Crippen molar-refractivity contribution in [1.29, 1.82) is 0 Å². The van der Waals surface area contributed by atoms with Gasteiger partial charge in [0.15, 0.2) is 0 Å². The van der Waals surface area contributed by atoms with Crippen LogP contribution < -0.4 is 5.73 Å². The maximum absolute atomic E-state index is 12.2. The lowest BCUT2D eigenvalue weighted by molar-refractivity contribution is -0.145. The molecular weight excluding hydrogens is 761 g/mol. The lowest BCUT2D eigenvalue weighted by Crippen LogP contribution is -2.32. The Bertz CT molecular complexity index is 1540. The smallest absolute Gasteiger partial charge is 0.320 e.